The third-order valence-corrected chi connectivity index (χ3v) is 4.25. The van der Waals surface area contributed by atoms with E-state index in [0.717, 1.165) is 31.8 Å². The standard InChI is InChI=1S/C15H28N4/c1-4-15(5-2)19-7-6-14(17-19)11-18(3)10-12-8-13(16)9-12/h6-7,12-13,15H,4-5,8-11,16H2,1-3H3. The number of aromatic nitrogens is 2. The van der Waals surface area contributed by atoms with Crippen LogP contribution in [0.15, 0.2) is 12.3 Å². The molecule has 2 N–H and O–H groups in total. The topological polar surface area (TPSA) is 47.1 Å². The van der Waals surface area contributed by atoms with Crippen LogP contribution < -0.4 is 5.73 Å². The second-order valence-corrected chi connectivity index (χ2v) is 6.05. The molecule has 1 fully saturated rings. The lowest BCUT2D eigenvalue weighted by atomic mass is 9.80. The van der Waals surface area contributed by atoms with Gasteiger partial charge in [-0.15, -0.1) is 0 Å². The Morgan fingerprint density at radius 3 is 2.68 bits per heavy atom. The maximum Gasteiger partial charge on any atom is 0.0764 e. The first kappa shape index (κ1) is 14.5. The molecule has 108 valence electrons. The highest BCUT2D eigenvalue weighted by molar-refractivity contribution is 5.00. The van der Waals surface area contributed by atoms with Crippen molar-refractivity contribution in [1.82, 2.24) is 14.7 Å². The lowest BCUT2D eigenvalue weighted by molar-refractivity contribution is 0.177. The number of hydrogen-bond acceptors (Lipinski definition) is 3. The average Bonchev–Trinajstić information content (AvgIpc) is 2.77. The summed E-state index contributed by atoms with van der Waals surface area (Å²) in [6, 6.07) is 3.15. The Balaban J connectivity index is 1.82. The molecular formula is C15H28N4. The molecule has 19 heavy (non-hydrogen) atoms. The predicted molar refractivity (Wildman–Crippen MR) is 78.9 cm³/mol. The van der Waals surface area contributed by atoms with E-state index in [9.17, 15) is 0 Å². The van der Waals surface area contributed by atoms with Crippen LogP contribution >= 0.6 is 0 Å². The van der Waals surface area contributed by atoms with E-state index in [1.165, 1.54) is 18.5 Å². The van der Waals surface area contributed by atoms with Crippen LogP contribution in [0.4, 0.5) is 0 Å². The smallest absolute Gasteiger partial charge is 0.0764 e. The van der Waals surface area contributed by atoms with Crippen molar-refractivity contribution in [2.75, 3.05) is 13.6 Å². The lowest BCUT2D eigenvalue weighted by Crippen LogP contribution is -2.41. The molecule has 0 radical (unpaired) electrons. The van der Waals surface area contributed by atoms with E-state index < -0.39 is 0 Å². The first-order valence-electron chi connectivity index (χ1n) is 7.60. The van der Waals surface area contributed by atoms with Gasteiger partial charge in [0.25, 0.3) is 0 Å². The van der Waals surface area contributed by atoms with Gasteiger partial charge in [0.1, 0.15) is 0 Å². The minimum absolute atomic E-state index is 0.451. The summed E-state index contributed by atoms with van der Waals surface area (Å²) in [7, 11) is 2.18. The van der Waals surface area contributed by atoms with Gasteiger partial charge in [-0.1, -0.05) is 13.8 Å². The van der Waals surface area contributed by atoms with E-state index in [4.69, 9.17) is 10.8 Å². The third-order valence-electron chi connectivity index (χ3n) is 4.25. The zero-order chi connectivity index (χ0) is 13.8. The minimum atomic E-state index is 0.451. The second-order valence-electron chi connectivity index (χ2n) is 6.05. The van der Waals surface area contributed by atoms with Crippen molar-refractivity contribution >= 4 is 0 Å². The van der Waals surface area contributed by atoms with Crippen LogP contribution in [0.1, 0.15) is 51.3 Å². The van der Waals surface area contributed by atoms with Crippen LogP contribution in [0, 0.1) is 5.92 Å². The molecular weight excluding hydrogens is 236 g/mol. The summed E-state index contributed by atoms with van der Waals surface area (Å²) in [6.45, 7) is 6.54. The Hall–Kier alpha value is -0.870. The van der Waals surface area contributed by atoms with Gasteiger partial charge < -0.3 is 10.6 Å². The zero-order valence-corrected chi connectivity index (χ0v) is 12.5. The van der Waals surface area contributed by atoms with Gasteiger partial charge in [0.2, 0.25) is 0 Å². The molecule has 1 aromatic heterocycles. The van der Waals surface area contributed by atoms with Gasteiger partial charge in [-0.25, -0.2) is 0 Å². The van der Waals surface area contributed by atoms with E-state index in [1.54, 1.807) is 0 Å². The van der Waals surface area contributed by atoms with Crippen molar-refractivity contribution in [3.8, 4) is 0 Å². The molecule has 2 rings (SSSR count). The molecule has 0 aromatic carbocycles. The first-order chi connectivity index (χ1) is 9.12. The van der Waals surface area contributed by atoms with Crippen LogP contribution in [0.25, 0.3) is 0 Å². The number of nitrogens with two attached hydrogens (primary N) is 1. The van der Waals surface area contributed by atoms with E-state index in [1.807, 2.05) is 0 Å². The van der Waals surface area contributed by atoms with E-state index >= 15 is 0 Å². The predicted octanol–water partition coefficient (Wildman–Crippen LogP) is 2.41. The molecule has 0 bridgehead atoms. The van der Waals surface area contributed by atoms with Crippen molar-refractivity contribution in [3.63, 3.8) is 0 Å². The maximum absolute atomic E-state index is 5.83. The SMILES string of the molecule is CCC(CC)n1ccc(CN(C)CC2CC(N)C2)n1. The molecule has 4 nitrogen and oxygen atoms in total. The third kappa shape index (κ3) is 3.80. The quantitative estimate of drug-likeness (QED) is 0.822. The van der Waals surface area contributed by atoms with Crippen molar-refractivity contribution in [2.24, 2.45) is 11.7 Å². The molecule has 0 atom stereocenters. The van der Waals surface area contributed by atoms with Gasteiger partial charge in [-0.2, -0.15) is 5.10 Å². The Labute approximate surface area is 117 Å². The number of rotatable bonds is 7. The summed E-state index contributed by atoms with van der Waals surface area (Å²) in [6.07, 6.45) is 6.79. The number of hydrogen-bond donors (Lipinski definition) is 1. The summed E-state index contributed by atoms with van der Waals surface area (Å²) < 4.78 is 2.13. The van der Waals surface area contributed by atoms with E-state index in [-0.39, 0.29) is 0 Å². The average molecular weight is 264 g/mol. The van der Waals surface area contributed by atoms with Crippen LogP contribution in [-0.2, 0) is 6.54 Å². The van der Waals surface area contributed by atoms with Gasteiger partial charge in [-0.05, 0) is 44.7 Å². The summed E-state index contributed by atoms with van der Waals surface area (Å²) in [5.74, 6) is 0.793. The Morgan fingerprint density at radius 2 is 2.11 bits per heavy atom. The highest BCUT2D eigenvalue weighted by Crippen LogP contribution is 2.26. The van der Waals surface area contributed by atoms with Gasteiger partial charge in [0.15, 0.2) is 0 Å². The van der Waals surface area contributed by atoms with Gasteiger partial charge in [0.05, 0.1) is 11.7 Å². The highest BCUT2D eigenvalue weighted by atomic mass is 15.3. The first-order valence-corrected chi connectivity index (χ1v) is 7.60. The largest absolute Gasteiger partial charge is 0.328 e. The van der Waals surface area contributed by atoms with Crippen LogP contribution in [0.2, 0.25) is 0 Å². The highest BCUT2D eigenvalue weighted by Gasteiger charge is 2.26. The summed E-state index contributed by atoms with van der Waals surface area (Å²) in [4.78, 5) is 2.37. The molecule has 1 aliphatic carbocycles. The van der Waals surface area contributed by atoms with Gasteiger partial charge >= 0.3 is 0 Å². The van der Waals surface area contributed by atoms with E-state index in [2.05, 4.69) is 42.7 Å². The fourth-order valence-corrected chi connectivity index (χ4v) is 3.05. The normalized spacial score (nSPS) is 23.1. The monoisotopic (exact) mass is 264 g/mol. The van der Waals surface area contributed by atoms with Crippen molar-refractivity contribution in [3.05, 3.63) is 18.0 Å². The molecule has 1 aliphatic rings. The Morgan fingerprint density at radius 1 is 1.42 bits per heavy atom. The van der Waals surface area contributed by atoms with Crippen LogP contribution in [-0.4, -0.2) is 34.3 Å². The molecule has 1 aromatic rings. The summed E-state index contributed by atoms with van der Waals surface area (Å²) in [5.41, 5.74) is 7.01. The fraction of sp³-hybridized carbons (Fsp3) is 0.800. The second kappa shape index (κ2) is 6.53. The molecule has 0 unspecified atom stereocenters. The Kier molecular flexibility index (Phi) is 4.99. The van der Waals surface area contributed by atoms with E-state index in [0.29, 0.717) is 12.1 Å². The Bertz CT molecular complexity index is 377. The summed E-state index contributed by atoms with van der Waals surface area (Å²) in [5, 5.41) is 4.71. The van der Waals surface area contributed by atoms with Gasteiger partial charge in [-0.3, -0.25) is 4.68 Å². The molecule has 4 heteroatoms. The molecule has 0 amide bonds. The van der Waals surface area contributed by atoms with Crippen molar-refractivity contribution in [2.45, 2.75) is 58.2 Å². The molecule has 1 saturated carbocycles. The summed E-state index contributed by atoms with van der Waals surface area (Å²) >= 11 is 0. The minimum Gasteiger partial charge on any atom is -0.328 e. The van der Waals surface area contributed by atoms with Crippen LogP contribution in [0.5, 0.6) is 0 Å². The van der Waals surface area contributed by atoms with Crippen molar-refractivity contribution in [1.29, 1.82) is 0 Å². The molecule has 1 heterocycles. The maximum atomic E-state index is 5.83. The lowest BCUT2D eigenvalue weighted by Gasteiger charge is -2.35. The van der Waals surface area contributed by atoms with Crippen molar-refractivity contribution < 1.29 is 0 Å². The number of nitrogens with zero attached hydrogens (tertiary/aromatic N) is 3. The fourth-order valence-electron chi connectivity index (χ4n) is 3.05. The molecule has 0 aliphatic heterocycles. The molecule has 0 saturated heterocycles. The zero-order valence-electron chi connectivity index (χ0n) is 12.5. The van der Waals surface area contributed by atoms with Gasteiger partial charge in [0, 0.05) is 25.3 Å². The molecule has 0 spiro atoms. The van der Waals surface area contributed by atoms with Crippen LogP contribution in [0.3, 0.4) is 0 Å².